The minimum absolute atomic E-state index is 0.0272. The number of aryl methyl sites for hydroxylation is 1. The van der Waals surface area contributed by atoms with Gasteiger partial charge in [-0.05, 0) is 55.2 Å². The Morgan fingerprint density at radius 3 is 2.56 bits per heavy atom. The third-order valence-electron chi connectivity index (χ3n) is 6.13. The van der Waals surface area contributed by atoms with Crippen molar-refractivity contribution in [2.75, 3.05) is 5.32 Å². The fraction of sp³-hybridized carbons (Fsp3) is 0.440. The maximum Gasteiger partial charge on any atom is 0.273 e. The first kappa shape index (κ1) is 21.8. The number of anilines is 1. The summed E-state index contributed by atoms with van der Waals surface area (Å²) in [6.45, 7) is 4.91. The van der Waals surface area contributed by atoms with Gasteiger partial charge in [-0.15, -0.1) is 0 Å². The molecule has 1 N–H and O–H groups in total. The largest absolute Gasteiger partial charge is 0.378 e. The molecule has 0 spiro atoms. The van der Waals surface area contributed by atoms with E-state index in [0.717, 1.165) is 42.4 Å². The molecule has 0 amide bonds. The molecule has 1 aliphatic carbocycles. The average Bonchev–Trinajstić information content (AvgIpc) is 3.23. The molecular weight excluding hydrogens is 400 g/mol. The van der Waals surface area contributed by atoms with Crippen LogP contribution in [0.5, 0.6) is 0 Å². The van der Waals surface area contributed by atoms with Crippen LogP contribution in [0, 0.1) is 17.2 Å². The van der Waals surface area contributed by atoms with Crippen molar-refractivity contribution in [2.45, 2.75) is 58.0 Å². The minimum atomic E-state index is 0.0272. The summed E-state index contributed by atoms with van der Waals surface area (Å²) in [5, 5.41) is 17.0. The molecule has 32 heavy (non-hydrogen) atoms. The van der Waals surface area contributed by atoms with Crippen molar-refractivity contribution in [1.82, 2.24) is 19.3 Å². The molecule has 4 rings (SSSR count). The van der Waals surface area contributed by atoms with Crippen LogP contribution in [0.25, 0.3) is 11.1 Å². The van der Waals surface area contributed by atoms with E-state index >= 15 is 0 Å². The Bertz CT molecular complexity index is 1180. The van der Waals surface area contributed by atoms with Gasteiger partial charge < -0.3 is 9.88 Å². The lowest BCUT2D eigenvalue weighted by Gasteiger charge is -2.30. The average molecular weight is 431 g/mol. The summed E-state index contributed by atoms with van der Waals surface area (Å²) in [5.41, 5.74) is 4.43. The van der Waals surface area contributed by atoms with Crippen molar-refractivity contribution >= 4 is 5.69 Å². The van der Waals surface area contributed by atoms with Crippen LogP contribution in [0.1, 0.15) is 56.6 Å². The SMILES string of the molecule is CC(C)Cn1cc(-c2cnn(C)c2)cc(NC2CCC(c3cncc(C#N)c3)CC2)c1=O. The smallest absolute Gasteiger partial charge is 0.273 e. The summed E-state index contributed by atoms with van der Waals surface area (Å²) >= 11 is 0. The Morgan fingerprint density at radius 2 is 1.91 bits per heavy atom. The van der Waals surface area contributed by atoms with E-state index in [0.29, 0.717) is 29.6 Å². The van der Waals surface area contributed by atoms with Crippen LogP contribution in [0.3, 0.4) is 0 Å². The lowest BCUT2D eigenvalue weighted by atomic mass is 9.82. The monoisotopic (exact) mass is 430 g/mol. The topological polar surface area (TPSA) is 88.5 Å². The molecule has 0 atom stereocenters. The van der Waals surface area contributed by atoms with Crippen LogP contribution in [0.2, 0.25) is 0 Å². The van der Waals surface area contributed by atoms with Crippen molar-refractivity contribution in [3.05, 3.63) is 64.6 Å². The Balaban J connectivity index is 1.52. The summed E-state index contributed by atoms with van der Waals surface area (Å²) in [4.78, 5) is 17.4. The zero-order chi connectivity index (χ0) is 22.7. The second-order valence-corrected chi connectivity index (χ2v) is 9.21. The Labute approximate surface area is 188 Å². The van der Waals surface area contributed by atoms with Gasteiger partial charge in [-0.3, -0.25) is 14.5 Å². The summed E-state index contributed by atoms with van der Waals surface area (Å²) < 4.78 is 3.60. The summed E-state index contributed by atoms with van der Waals surface area (Å²) in [6, 6.07) is 6.34. The highest BCUT2D eigenvalue weighted by molar-refractivity contribution is 5.65. The van der Waals surface area contributed by atoms with E-state index in [1.165, 1.54) is 0 Å². The molecule has 0 aliphatic heterocycles. The van der Waals surface area contributed by atoms with Gasteiger partial charge in [0.1, 0.15) is 11.8 Å². The zero-order valence-corrected chi connectivity index (χ0v) is 19.0. The quantitative estimate of drug-likeness (QED) is 0.629. The van der Waals surface area contributed by atoms with Gasteiger partial charge in [0.2, 0.25) is 0 Å². The van der Waals surface area contributed by atoms with Gasteiger partial charge in [0, 0.05) is 55.5 Å². The van der Waals surface area contributed by atoms with Crippen molar-refractivity contribution < 1.29 is 0 Å². The van der Waals surface area contributed by atoms with Crippen LogP contribution in [0.4, 0.5) is 5.69 Å². The van der Waals surface area contributed by atoms with Crippen molar-refractivity contribution in [2.24, 2.45) is 13.0 Å². The van der Waals surface area contributed by atoms with E-state index in [4.69, 9.17) is 5.26 Å². The first-order valence-electron chi connectivity index (χ1n) is 11.3. The molecule has 0 saturated heterocycles. The molecule has 1 saturated carbocycles. The summed E-state index contributed by atoms with van der Waals surface area (Å²) in [5.74, 6) is 0.783. The number of nitrogens with one attached hydrogen (secondary N) is 1. The maximum atomic E-state index is 13.2. The first-order chi connectivity index (χ1) is 15.4. The van der Waals surface area contributed by atoms with E-state index in [9.17, 15) is 4.79 Å². The van der Waals surface area contributed by atoms with E-state index in [1.807, 2.05) is 48.5 Å². The lowest BCUT2D eigenvalue weighted by Crippen LogP contribution is -2.31. The van der Waals surface area contributed by atoms with Gasteiger partial charge in [0.05, 0.1) is 11.8 Å². The van der Waals surface area contributed by atoms with Gasteiger partial charge in [-0.1, -0.05) is 13.8 Å². The molecule has 0 bridgehead atoms. The predicted molar refractivity (Wildman–Crippen MR) is 125 cm³/mol. The molecule has 1 aliphatic rings. The van der Waals surface area contributed by atoms with Gasteiger partial charge in [0.15, 0.2) is 0 Å². The van der Waals surface area contributed by atoms with Crippen molar-refractivity contribution in [3.8, 4) is 17.2 Å². The van der Waals surface area contributed by atoms with Gasteiger partial charge in [-0.2, -0.15) is 10.4 Å². The van der Waals surface area contributed by atoms with Gasteiger partial charge >= 0.3 is 0 Å². The Morgan fingerprint density at radius 1 is 1.12 bits per heavy atom. The molecule has 0 unspecified atom stereocenters. The van der Waals surface area contributed by atoms with Crippen LogP contribution < -0.4 is 10.9 Å². The normalized spacial score (nSPS) is 18.5. The number of aromatic nitrogens is 4. The molecule has 3 aromatic heterocycles. The lowest BCUT2D eigenvalue weighted by molar-refractivity contribution is 0.411. The number of hydrogen-bond acceptors (Lipinski definition) is 5. The maximum absolute atomic E-state index is 13.2. The first-order valence-corrected chi connectivity index (χ1v) is 11.3. The van der Waals surface area contributed by atoms with Crippen LogP contribution in [0.15, 0.2) is 47.9 Å². The molecule has 166 valence electrons. The highest BCUT2D eigenvalue weighted by Crippen LogP contribution is 2.34. The molecule has 0 radical (unpaired) electrons. The van der Waals surface area contributed by atoms with Gasteiger partial charge in [0.25, 0.3) is 5.56 Å². The van der Waals surface area contributed by atoms with E-state index < -0.39 is 0 Å². The molecule has 3 aromatic rings. The molecule has 7 nitrogen and oxygen atoms in total. The summed E-state index contributed by atoms with van der Waals surface area (Å²) in [6.07, 6.45) is 13.2. The Kier molecular flexibility index (Phi) is 6.40. The van der Waals surface area contributed by atoms with Crippen LogP contribution in [-0.2, 0) is 13.6 Å². The second kappa shape index (κ2) is 9.39. The summed E-state index contributed by atoms with van der Waals surface area (Å²) in [7, 11) is 1.90. The number of rotatable bonds is 6. The highest BCUT2D eigenvalue weighted by atomic mass is 16.1. The fourth-order valence-corrected chi connectivity index (χ4v) is 4.53. The number of hydrogen-bond donors (Lipinski definition) is 1. The molecule has 1 fully saturated rings. The van der Waals surface area contributed by atoms with E-state index in [-0.39, 0.29) is 11.6 Å². The van der Waals surface area contributed by atoms with E-state index in [1.54, 1.807) is 10.9 Å². The number of nitrogens with zero attached hydrogens (tertiary/aromatic N) is 5. The molecular formula is C25H30N6O. The van der Waals surface area contributed by atoms with Crippen LogP contribution >= 0.6 is 0 Å². The predicted octanol–water partition coefficient (Wildman–Crippen LogP) is 4.31. The zero-order valence-electron chi connectivity index (χ0n) is 19.0. The minimum Gasteiger partial charge on any atom is -0.378 e. The highest BCUT2D eigenvalue weighted by Gasteiger charge is 2.24. The third kappa shape index (κ3) is 4.91. The third-order valence-corrected chi connectivity index (χ3v) is 6.13. The Hall–Kier alpha value is -3.40. The van der Waals surface area contributed by atoms with Gasteiger partial charge in [-0.25, -0.2) is 0 Å². The molecule has 0 aromatic carbocycles. The molecule has 3 heterocycles. The standard InChI is InChI=1S/C25H30N6O/c1-17(2)14-31-16-21(22-13-28-30(3)15-22)9-24(25(31)32)29-23-6-4-19(5-7-23)20-8-18(10-26)11-27-12-20/h8-9,11-13,15-17,19,23,29H,4-7,14H2,1-3H3. The van der Waals surface area contributed by atoms with E-state index in [2.05, 4.69) is 35.3 Å². The second-order valence-electron chi connectivity index (χ2n) is 9.21. The number of nitriles is 1. The van der Waals surface area contributed by atoms with Crippen molar-refractivity contribution in [3.63, 3.8) is 0 Å². The van der Waals surface area contributed by atoms with Crippen molar-refractivity contribution in [1.29, 1.82) is 5.26 Å². The van der Waals surface area contributed by atoms with Crippen LogP contribution in [-0.4, -0.2) is 25.4 Å². The molecule has 7 heteroatoms. The number of pyridine rings is 2. The fourth-order valence-electron chi connectivity index (χ4n) is 4.53.